The molecule has 5 nitrogen and oxygen atoms in total. The average Bonchev–Trinajstić information content (AvgIpc) is 2.74. The molecule has 0 saturated carbocycles. The minimum atomic E-state index is -0.336. The minimum Gasteiger partial charge on any atom is -0.320 e. The number of hydrogen-bond donors (Lipinski definition) is 1. The van der Waals surface area contributed by atoms with Gasteiger partial charge in [-0.2, -0.15) is 0 Å². The third kappa shape index (κ3) is 2.45. The summed E-state index contributed by atoms with van der Waals surface area (Å²) in [5.41, 5.74) is 2.55. The molecule has 5 rings (SSSR count). The van der Waals surface area contributed by atoms with E-state index in [-0.39, 0.29) is 16.8 Å². The van der Waals surface area contributed by atoms with Crippen LogP contribution < -0.4 is 11.1 Å². The number of aromatic nitrogens is 3. The van der Waals surface area contributed by atoms with Gasteiger partial charge in [0.15, 0.2) is 0 Å². The molecule has 0 fully saturated rings. The van der Waals surface area contributed by atoms with Crippen molar-refractivity contribution in [1.29, 1.82) is 0 Å². The monoisotopic (exact) mass is 365 g/mol. The summed E-state index contributed by atoms with van der Waals surface area (Å²) in [5.74, 6) is 0. The second kappa shape index (κ2) is 6.32. The maximum Gasteiger partial charge on any atom is 0.273 e. The van der Waals surface area contributed by atoms with Crippen molar-refractivity contribution in [2.45, 2.75) is 0 Å². The molecule has 0 radical (unpaired) electrons. The smallest absolute Gasteiger partial charge is 0.273 e. The van der Waals surface area contributed by atoms with E-state index >= 15 is 0 Å². The summed E-state index contributed by atoms with van der Waals surface area (Å²) in [6, 6.07) is 24.3. The molecular formula is C23H15N3O2. The van der Waals surface area contributed by atoms with Gasteiger partial charge in [-0.3, -0.25) is 14.2 Å². The van der Waals surface area contributed by atoms with Gasteiger partial charge in [-0.1, -0.05) is 60.7 Å². The first-order valence-electron chi connectivity index (χ1n) is 8.91. The largest absolute Gasteiger partial charge is 0.320 e. The van der Waals surface area contributed by atoms with Crippen molar-refractivity contribution in [2.75, 3.05) is 0 Å². The summed E-state index contributed by atoms with van der Waals surface area (Å²) in [4.78, 5) is 33.5. The van der Waals surface area contributed by atoms with Crippen LogP contribution in [0.2, 0.25) is 0 Å². The van der Waals surface area contributed by atoms with E-state index in [4.69, 9.17) is 0 Å². The van der Waals surface area contributed by atoms with Crippen LogP contribution in [0.3, 0.4) is 0 Å². The summed E-state index contributed by atoms with van der Waals surface area (Å²) in [6.07, 6.45) is 1.43. The van der Waals surface area contributed by atoms with E-state index in [1.165, 1.54) is 10.9 Å². The highest BCUT2D eigenvalue weighted by Gasteiger charge is 2.18. The van der Waals surface area contributed by atoms with E-state index in [0.29, 0.717) is 16.5 Å². The van der Waals surface area contributed by atoms with Crippen LogP contribution in [0.15, 0.2) is 94.8 Å². The van der Waals surface area contributed by atoms with E-state index in [1.54, 1.807) is 18.2 Å². The standard InChI is InChI=1S/C23H15N3O2/c27-22-21(26-14-24-18-12-6-5-11-17(18)23(26)28)20(15-8-2-1-3-9-15)16-10-4-7-13-19(16)25-22/h1-14H,(H,25,27). The highest BCUT2D eigenvalue weighted by Crippen LogP contribution is 2.30. The molecule has 2 aromatic heterocycles. The fraction of sp³-hybridized carbons (Fsp3) is 0. The van der Waals surface area contributed by atoms with Crippen LogP contribution in [0.5, 0.6) is 0 Å². The lowest BCUT2D eigenvalue weighted by Crippen LogP contribution is -2.26. The molecule has 5 heteroatoms. The molecule has 0 spiro atoms. The molecule has 28 heavy (non-hydrogen) atoms. The minimum absolute atomic E-state index is 0.271. The molecular weight excluding hydrogens is 350 g/mol. The number of hydrogen-bond acceptors (Lipinski definition) is 3. The maximum absolute atomic E-state index is 13.2. The summed E-state index contributed by atoms with van der Waals surface area (Å²) in [6.45, 7) is 0. The number of rotatable bonds is 2. The zero-order chi connectivity index (χ0) is 19.1. The van der Waals surface area contributed by atoms with Gasteiger partial charge in [0.2, 0.25) is 0 Å². The average molecular weight is 365 g/mol. The molecule has 0 aliphatic carbocycles. The zero-order valence-electron chi connectivity index (χ0n) is 14.8. The second-order valence-corrected chi connectivity index (χ2v) is 6.53. The van der Waals surface area contributed by atoms with Crippen molar-refractivity contribution in [3.05, 3.63) is 106 Å². The lowest BCUT2D eigenvalue weighted by molar-refractivity contribution is 0.946. The van der Waals surface area contributed by atoms with E-state index in [2.05, 4.69) is 9.97 Å². The normalized spacial score (nSPS) is 11.1. The molecule has 2 heterocycles. The Morgan fingerprint density at radius 2 is 1.43 bits per heavy atom. The van der Waals surface area contributed by atoms with Crippen molar-refractivity contribution >= 4 is 21.8 Å². The van der Waals surface area contributed by atoms with Crippen LogP contribution in [-0.2, 0) is 0 Å². The summed E-state index contributed by atoms with van der Waals surface area (Å²) in [7, 11) is 0. The Balaban J connectivity index is 1.96. The highest BCUT2D eigenvalue weighted by molar-refractivity contribution is 5.98. The molecule has 5 aromatic rings. The number of nitrogens with zero attached hydrogens (tertiary/aromatic N) is 2. The van der Waals surface area contributed by atoms with Gasteiger partial charge < -0.3 is 4.98 Å². The number of nitrogens with one attached hydrogen (secondary N) is 1. The van der Waals surface area contributed by atoms with Gasteiger partial charge in [-0.25, -0.2) is 4.98 Å². The summed E-state index contributed by atoms with van der Waals surface area (Å²) >= 11 is 0. The van der Waals surface area contributed by atoms with Gasteiger partial charge in [0.05, 0.1) is 10.9 Å². The number of para-hydroxylation sites is 2. The van der Waals surface area contributed by atoms with Crippen molar-refractivity contribution in [3.8, 4) is 16.8 Å². The summed E-state index contributed by atoms with van der Waals surface area (Å²) < 4.78 is 1.34. The Morgan fingerprint density at radius 1 is 0.750 bits per heavy atom. The van der Waals surface area contributed by atoms with Crippen molar-refractivity contribution in [1.82, 2.24) is 14.5 Å². The lowest BCUT2D eigenvalue weighted by atomic mass is 9.99. The SMILES string of the molecule is O=c1[nH]c2ccccc2c(-c2ccccc2)c1-n1cnc2ccccc2c1=O. The van der Waals surface area contributed by atoms with E-state index in [1.807, 2.05) is 60.7 Å². The van der Waals surface area contributed by atoms with Gasteiger partial charge in [-0.05, 0) is 23.8 Å². The molecule has 134 valence electrons. The zero-order valence-corrected chi connectivity index (χ0v) is 14.8. The highest BCUT2D eigenvalue weighted by atomic mass is 16.1. The quantitative estimate of drug-likeness (QED) is 0.516. The topological polar surface area (TPSA) is 67.8 Å². The molecule has 0 saturated heterocycles. The Hall–Kier alpha value is -3.99. The molecule has 0 atom stereocenters. The number of aromatic amines is 1. The van der Waals surface area contributed by atoms with Crippen molar-refractivity contribution in [2.24, 2.45) is 0 Å². The third-order valence-electron chi connectivity index (χ3n) is 4.87. The van der Waals surface area contributed by atoms with E-state index in [0.717, 1.165) is 16.5 Å². The summed E-state index contributed by atoms with van der Waals surface area (Å²) in [5, 5.41) is 1.33. The molecule has 0 unspecified atom stereocenters. The molecule has 0 aliphatic heterocycles. The van der Waals surface area contributed by atoms with Gasteiger partial charge in [0, 0.05) is 16.5 Å². The number of pyridine rings is 1. The molecule has 0 amide bonds. The molecule has 0 aliphatic rings. The lowest BCUT2D eigenvalue weighted by Gasteiger charge is -2.14. The van der Waals surface area contributed by atoms with Crippen LogP contribution in [0.4, 0.5) is 0 Å². The van der Waals surface area contributed by atoms with E-state index < -0.39 is 0 Å². The van der Waals surface area contributed by atoms with Crippen LogP contribution >= 0.6 is 0 Å². The fourth-order valence-corrected chi connectivity index (χ4v) is 3.59. The number of fused-ring (bicyclic) bond motifs is 2. The molecule has 3 aromatic carbocycles. The van der Waals surface area contributed by atoms with Gasteiger partial charge in [0.25, 0.3) is 11.1 Å². The molecule has 0 bridgehead atoms. The first kappa shape index (κ1) is 16.2. The van der Waals surface area contributed by atoms with Crippen LogP contribution in [-0.4, -0.2) is 14.5 Å². The van der Waals surface area contributed by atoms with Crippen molar-refractivity contribution < 1.29 is 0 Å². The van der Waals surface area contributed by atoms with E-state index in [9.17, 15) is 9.59 Å². The third-order valence-corrected chi connectivity index (χ3v) is 4.87. The van der Waals surface area contributed by atoms with Crippen LogP contribution in [0, 0.1) is 0 Å². The van der Waals surface area contributed by atoms with Gasteiger partial charge in [-0.15, -0.1) is 0 Å². The van der Waals surface area contributed by atoms with Gasteiger partial charge in [0.1, 0.15) is 12.0 Å². The predicted molar refractivity (Wildman–Crippen MR) is 111 cm³/mol. The Labute approximate surface area is 159 Å². The molecule has 1 N–H and O–H groups in total. The second-order valence-electron chi connectivity index (χ2n) is 6.53. The Morgan fingerprint density at radius 3 is 2.25 bits per heavy atom. The Kier molecular flexibility index (Phi) is 3.66. The van der Waals surface area contributed by atoms with Crippen molar-refractivity contribution in [3.63, 3.8) is 0 Å². The van der Waals surface area contributed by atoms with Crippen LogP contribution in [0.1, 0.15) is 0 Å². The van der Waals surface area contributed by atoms with Gasteiger partial charge >= 0.3 is 0 Å². The van der Waals surface area contributed by atoms with Crippen LogP contribution in [0.25, 0.3) is 38.6 Å². The number of H-pyrrole nitrogens is 1. The maximum atomic E-state index is 13.2. The fourth-order valence-electron chi connectivity index (χ4n) is 3.59. The predicted octanol–water partition coefficient (Wildman–Crippen LogP) is 3.89. The Bertz CT molecular complexity index is 1450. The first-order chi connectivity index (χ1) is 13.7. The first-order valence-corrected chi connectivity index (χ1v) is 8.91. The number of benzene rings is 3.